The normalized spacial score (nSPS) is 19.0. The Balaban J connectivity index is 0.000000246. The Labute approximate surface area is 113 Å². The predicted molar refractivity (Wildman–Crippen MR) is 65.1 cm³/mol. The van der Waals surface area contributed by atoms with Gasteiger partial charge in [0.25, 0.3) is 0 Å². The molecule has 1 aliphatic rings. The summed E-state index contributed by atoms with van der Waals surface area (Å²) in [7, 11) is 0. The minimum atomic E-state index is -5.08. The molecule has 20 heavy (non-hydrogen) atoms. The zero-order valence-electron chi connectivity index (χ0n) is 10.5. The highest BCUT2D eigenvalue weighted by molar-refractivity contribution is 5.73. The van der Waals surface area contributed by atoms with Crippen LogP contribution in [0.1, 0.15) is 12.8 Å². The molecule has 0 bridgehead atoms. The van der Waals surface area contributed by atoms with E-state index in [0.717, 1.165) is 31.6 Å². The van der Waals surface area contributed by atoms with Gasteiger partial charge in [-0.15, -0.1) is 0 Å². The predicted octanol–water partition coefficient (Wildman–Crippen LogP) is 1.04. The van der Waals surface area contributed by atoms with Crippen molar-refractivity contribution in [2.75, 3.05) is 18.0 Å². The summed E-state index contributed by atoms with van der Waals surface area (Å²) >= 11 is 0. The molecule has 0 aliphatic carbocycles. The molecule has 1 aromatic rings. The van der Waals surface area contributed by atoms with Crippen LogP contribution in [-0.4, -0.2) is 46.4 Å². The van der Waals surface area contributed by atoms with E-state index < -0.39 is 12.1 Å². The third kappa shape index (κ3) is 5.39. The fourth-order valence-electron chi connectivity index (χ4n) is 1.70. The first kappa shape index (κ1) is 16.2. The minimum absolute atomic E-state index is 0.300. The molecule has 1 atom stereocenters. The molecule has 112 valence electrons. The zero-order valence-corrected chi connectivity index (χ0v) is 10.5. The van der Waals surface area contributed by atoms with E-state index in [4.69, 9.17) is 15.6 Å². The second kappa shape index (κ2) is 7.04. The van der Waals surface area contributed by atoms with E-state index in [9.17, 15) is 13.2 Å². The summed E-state index contributed by atoms with van der Waals surface area (Å²) in [5.74, 6) is -2.76. The molecule has 0 spiro atoms. The van der Waals surface area contributed by atoms with Gasteiger partial charge in [0.1, 0.15) is 6.33 Å². The number of hydrogen-bond acceptors (Lipinski definition) is 5. The number of aliphatic carboxylic acids is 1. The summed E-state index contributed by atoms with van der Waals surface area (Å²) in [5.41, 5.74) is 6.96. The molecule has 0 radical (unpaired) electrons. The van der Waals surface area contributed by atoms with Gasteiger partial charge in [0.05, 0.1) is 18.1 Å². The Morgan fingerprint density at radius 1 is 1.40 bits per heavy atom. The number of alkyl halides is 3. The van der Waals surface area contributed by atoms with Gasteiger partial charge in [-0.1, -0.05) is 0 Å². The van der Waals surface area contributed by atoms with Crippen LogP contribution >= 0.6 is 0 Å². The molecule has 3 N–H and O–H groups in total. The van der Waals surface area contributed by atoms with Crippen molar-refractivity contribution >= 4 is 11.7 Å². The quantitative estimate of drug-likeness (QED) is 0.803. The van der Waals surface area contributed by atoms with Crippen LogP contribution in [0.15, 0.2) is 18.7 Å². The van der Waals surface area contributed by atoms with Gasteiger partial charge in [0.15, 0.2) is 0 Å². The van der Waals surface area contributed by atoms with Crippen LogP contribution in [-0.2, 0) is 4.79 Å². The van der Waals surface area contributed by atoms with Gasteiger partial charge in [-0.3, -0.25) is 0 Å². The van der Waals surface area contributed by atoms with Crippen LogP contribution in [0.2, 0.25) is 0 Å². The van der Waals surface area contributed by atoms with Crippen molar-refractivity contribution in [1.82, 2.24) is 9.97 Å². The van der Waals surface area contributed by atoms with E-state index in [1.807, 2.05) is 12.4 Å². The van der Waals surface area contributed by atoms with E-state index in [1.165, 1.54) is 0 Å². The summed E-state index contributed by atoms with van der Waals surface area (Å²) in [5, 5.41) is 7.12. The maximum absolute atomic E-state index is 10.6. The van der Waals surface area contributed by atoms with Gasteiger partial charge < -0.3 is 15.7 Å². The number of piperidine rings is 1. The van der Waals surface area contributed by atoms with Crippen LogP contribution in [0, 0.1) is 0 Å². The van der Waals surface area contributed by atoms with E-state index in [2.05, 4.69) is 14.9 Å². The number of hydrogen-bond donors (Lipinski definition) is 2. The van der Waals surface area contributed by atoms with Gasteiger partial charge in [-0.2, -0.15) is 13.2 Å². The lowest BCUT2D eigenvalue weighted by Crippen LogP contribution is -2.42. The van der Waals surface area contributed by atoms with E-state index in [1.54, 1.807) is 6.33 Å². The maximum Gasteiger partial charge on any atom is 0.490 e. The Kier molecular flexibility index (Phi) is 5.68. The lowest BCUT2D eigenvalue weighted by molar-refractivity contribution is -0.192. The number of nitrogens with two attached hydrogens (primary N) is 1. The van der Waals surface area contributed by atoms with Crippen molar-refractivity contribution in [3.05, 3.63) is 18.7 Å². The van der Waals surface area contributed by atoms with Crippen LogP contribution in [0.3, 0.4) is 0 Å². The van der Waals surface area contributed by atoms with Crippen LogP contribution in [0.25, 0.3) is 0 Å². The first-order valence-corrected chi connectivity index (χ1v) is 5.86. The zero-order chi connectivity index (χ0) is 15.2. The lowest BCUT2D eigenvalue weighted by atomic mass is 10.1. The van der Waals surface area contributed by atoms with Crippen LogP contribution in [0.4, 0.5) is 18.9 Å². The lowest BCUT2D eigenvalue weighted by Gasteiger charge is -2.31. The third-order valence-electron chi connectivity index (χ3n) is 2.61. The largest absolute Gasteiger partial charge is 0.490 e. The molecule has 2 rings (SSSR count). The molecular weight excluding hydrogens is 277 g/mol. The fourth-order valence-corrected chi connectivity index (χ4v) is 1.70. The Morgan fingerprint density at radius 3 is 2.40 bits per heavy atom. The average Bonchev–Trinajstić information content (AvgIpc) is 2.39. The number of anilines is 1. The SMILES string of the molecule is NC1CCCN(c2cncnc2)C1.O=C(O)C(F)(F)F. The molecule has 1 aliphatic heterocycles. The van der Waals surface area contributed by atoms with Gasteiger partial charge in [0, 0.05) is 19.1 Å². The Morgan fingerprint density at radius 2 is 1.95 bits per heavy atom. The van der Waals surface area contributed by atoms with E-state index in [0.29, 0.717) is 6.04 Å². The first-order chi connectivity index (χ1) is 9.30. The number of aromatic nitrogens is 2. The second-order valence-electron chi connectivity index (χ2n) is 4.25. The molecule has 1 aromatic heterocycles. The minimum Gasteiger partial charge on any atom is -0.475 e. The van der Waals surface area contributed by atoms with Gasteiger partial charge >= 0.3 is 12.1 Å². The van der Waals surface area contributed by atoms with Gasteiger partial charge in [-0.25, -0.2) is 14.8 Å². The first-order valence-electron chi connectivity index (χ1n) is 5.86. The smallest absolute Gasteiger partial charge is 0.475 e. The topological polar surface area (TPSA) is 92.3 Å². The summed E-state index contributed by atoms with van der Waals surface area (Å²) in [4.78, 5) is 19.1. The highest BCUT2D eigenvalue weighted by Crippen LogP contribution is 2.16. The molecule has 1 saturated heterocycles. The summed E-state index contributed by atoms with van der Waals surface area (Å²) < 4.78 is 31.7. The molecule has 0 amide bonds. The monoisotopic (exact) mass is 292 g/mol. The number of rotatable bonds is 1. The summed E-state index contributed by atoms with van der Waals surface area (Å²) in [6.45, 7) is 1.99. The molecule has 1 fully saturated rings. The Bertz CT molecular complexity index is 427. The molecule has 0 aromatic carbocycles. The molecular formula is C11H15F3N4O2. The van der Waals surface area contributed by atoms with Gasteiger partial charge in [-0.05, 0) is 12.8 Å². The van der Waals surface area contributed by atoms with Crippen molar-refractivity contribution in [2.45, 2.75) is 25.1 Å². The van der Waals surface area contributed by atoms with Gasteiger partial charge in [0.2, 0.25) is 0 Å². The number of carbonyl (C=O) groups is 1. The number of halogens is 3. The number of nitrogens with zero attached hydrogens (tertiary/aromatic N) is 3. The van der Waals surface area contributed by atoms with Crippen molar-refractivity contribution in [3.63, 3.8) is 0 Å². The molecule has 1 unspecified atom stereocenters. The summed E-state index contributed by atoms with van der Waals surface area (Å²) in [6, 6.07) is 0.300. The second-order valence-corrected chi connectivity index (χ2v) is 4.25. The Hall–Kier alpha value is -1.90. The van der Waals surface area contributed by atoms with Crippen molar-refractivity contribution in [2.24, 2.45) is 5.73 Å². The summed E-state index contributed by atoms with van der Waals surface area (Å²) in [6.07, 6.45) is 2.43. The molecule has 9 heteroatoms. The van der Waals surface area contributed by atoms with Crippen LogP contribution < -0.4 is 10.6 Å². The van der Waals surface area contributed by atoms with Crippen molar-refractivity contribution < 1.29 is 23.1 Å². The number of carboxylic acid groups (broad SMARTS) is 1. The van der Waals surface area contributed by atoms with Crippen molar-refractivity contribution in [3.8, 4) is 0 Å². The average molecular weight is 292 g/mol. The highest BCUT2D eigenvalue weighted by atomic mass is 19.4. The third-order valence-corrected chi connectivity index (χ3v) is 2.61. The highest BCUT2D eigenvalue weighted by Gasteiger charge is 2.38. The standard InChI is InChI=1S/C9H14N4.C2HF3O2/c10-8-2-1-3-13(6-8)9-4-11-7-12-5-9;3-2(4,5)1(6)7/h4-5,7-8H,1-3,6,10H2;(H,6,7). The molecule has 0 saturated carbocycles. The number of carboxylic acids is 1. The van der Waals surface area contributed by atoms with Crippen molar-refractivity contribution in [1.29, 1.82) is 0 Å². The molecule has 2 heterocycles. The van der Waals surface area contributed by atoms with E-state index in [-0.39, 0.29) is 0 Å². The van der Waals surface area contributed by atoms with Crippen LogP contribution in [0.5, 0.6) is 0 Å². The maximum atomic E-state index is 10.6. The van der Waals surface area contributed by atoms with E-state index >= 15 is 0 Å². The fraction of sp³-hybridized carbons (Fsp3) is 0.545. The molecule has 6 nitrogen and oxygen atoms in total.